The van der Waals surface area contributed by atoms with E-state index in [4.69, 9.17) is 11.6 Å². The van der Waals surface area contributed by atoms with Crippen molar-refractivity contribution in [3.63, 3.8) is 0 Å². The Labute approximate surface area is 142 Å². The highest BCUT2D eigenvalue weighted by atomic mass is 35.5. The molecule has 0 N–H and O–H groups in total. The topological polar surface area (TPSA) is 57.7 Å². The van der Waals surface area contributed by atoms with Crippen LogP contribution in [0.1, 0.15) is 24.8 Å². The van der Waals surface area contributed by atoms with Crippen LogP contribution in [0.3, 0.4) is 0 Å². The minimum Gasteiger partial charge on any atom is -0.338 e. The van der Waals surface area contributed by atoms with Crippen LogP contribution in [0.15, 0.2) is 24.3 Å². The van der Waals surface area contributed by atoms with Crippen LogP contribution in [0.5, 0.6) is 0 Å². The highest BCUT2D eigenvalue weighted by Crippen LogP contribution is 2.25. The van der Waals surface area contributed by atoms with Crippen molar-refractivity contribution in [1.82, 2.24) is 9.21 Å². The van der Waals surface area contributed by atoms with Crippen LogP contribution in [0.25, 0.3) is 0 Å². The molecule has 0 aromatic heterocycles. The van der Waals surface area contributed by atoms with Crippen LogP contribution >= 0.6 is 11.6 Å². The van der Waals surface area contributed by atoms with Gasteiger partial charge in [-0.05, 0) is 37.3 Å². The Morgan fingerprint density at radius 2 is 2.00 bits per heavy atom. The Morgan fingerprint density at radius 1 is 1.22 bits per heavy atom. The number of likely N-dealkylation sites (tertiary alicyclic amines) is 1. The van der Waals surface area contributed by atoms with Gasteiger partial charge in [-0.1, -0.05) is 29.8 Å². The number of rotatable bonds is 4. The maximum absolute atomic E-state index is 12.6. The Morgan fingerprint density at radius 3 is 2.70 bits per heavy atom. The molecule has 7 heteroatoms. The lowest BCUT2D eigenvalue weighted by Gasteiger charge is -2.27. The number of amides is 1. The van der Waals surface area contributed by atoms with Gasteiger partial charge >= 0.3 is 0 Å². The number of sulfonamides is 1. The van der Waals surface area contributed by atoms with E-state index in [9.17, 15) is 13.2 Å². The number of halogens is 1. The van der Waals surface area contributed by atoms with Crippen LogP contribution in [0, 0.1) is 0 Å². The summed E-state index contributed by atoms with van der Waals surface area (Å²) < 4.78 is 25.1. The van der Waals surface area contributed by atoms with Gasteiger partial charge in [0.15, 0.2) is 0 Å². The van der Waals surface area contributed by atoms with E-state index in [1.54, 1.807) is 0 Å². The van der Waals surface area contributed by atoms with Crippen molar-refractivity contribution < 1.29 is 13.2 Å². The van der Waals surface area contributed by atoms with E-state index in [0.29, 0.717) is 24.5 Å². The quantitative estimate of drug-likeness (QED) is 0.828. The number of carbonyl (C=O) groups is 1. The lowest BCUT2D eigenvalue weighted by molar-refractivity contribution is -0.132. The Hall–Kier alpha value is -1.11. The standard InChI is InChI=1S/C16H21ClN2O3S/c17-15-7-2-1-5-13(15)11-14-6-3-9-19(14)16(20)12-18-8-4-10-23(18,21)22/h1-2,5,7,14H,3-4,6,8-12H2. The fourth-order valence-electron chi connectivity index (χ4n) is 3.40. The van der Waals surface area contributed by atoms with Gasteiger partial charge in [0.25, 0.3) is 0 Å². The molecular formula is C16H21ClN2O3S. The van der Waals surface area contributed by atoms with E-state index in [2.05, 4.69) is 0 Å². The van der Waals surface area contributed by atoms with Crippen molar-refractivity contribution in [2.45, 2.75) is 31.7 Å². The molecule has 23 heavy (non-hydrogen) atoms. The predicted molar refractivity (Wildman–Crippen MR) is 89.9 cm³/mol. The SMILES string of the molecule is O=C(CN1CCCS1(=O)=O)N1CCCC1Cc1ccccc1Cl. The highest BCUT2D eigenvalue weighted by Gasteiger charge is 2.34. The molecule has 1 unspecified atom stereocenters. The third kappa shape index (κ3) is 3.70. The van der Waals surface area contributed by atoms with E-state index >= 15 is 0 Å². The van der Waals surface area contributed by atoms with Gasteiger partial charge in [0.2, 0.25) is 15.9 Å². The molecule has 1 amide bonds. The molecule has 1 atom stereocenters. The Balaban J connectivity index is 1.67. The summed E-state index contributed by atoms with van der Waals surface area (Å²) in [6.07, 6.45) is 3.22. The van der Waals surface area contributed by atoms with Gasteiger partial charge in [-0.15, -0.1) is 0 Å². The van der Waals surface area contributed by atoms with Crippen LogP contribution in [-0.4, -0.2) is 55.0 Å². The summed E-state index contributed by atoms with van der Waals surface area (Å²) in [5, 5.41) is 0.717. The zero-order valence-electron chi connectivity index (χ0n) is 12.9. The van der Waals surface area contributed by atoms with Crippen molar-refractivity contribution in [1.29, 1.82) is 0 Å². The third-order valence-electron chi connectivity index (χ3n) is 4.63. The van der Waals surface area contributed by atoms with E-state index < -0.39 is 10.0 Å². The first-order valence-corrected chi connectivity index (χ1v) is 9.97. The number of hydrogen-bond acceptors (Lipinski definition) is 3. The highest BCUT2D eigenvalue weighted by molar-refractivity contribution is 7.89. The van der Waals surface area contributed by atoms with Gasteiger partial charge in [-0.3, -0.25) is 4.79 Å². The molecule has 2 saturated heterocycles. The van der Waals surface area contributed by atoms with Crippen LogP contribution < -0.4 is 0 Å². The second-order valence-electron chi connectivity index (χ2n) is 6.18. The maximum Gasteiger partial charge on any atom is 0.238 e. The fourth-order valence-corrected chi connectivity index (χ4v) is 5.08. The molecule has 0 radical (unpaired) electrons. The van der Waals surface area contributed by atoms with Gasteiger partial charge in [0.05, 0.1) is 12.3 Å². The zero-order chi connectivity index (χ0) is 16.4. The molecule has 5 nitrogen and oxygen atoms in total. The van der Waals surface area contributed by atoms with Gasteiger partial charge in [0, 0.05) is 24.2 Å². The predicted octanol–water partition coefficient (Wildman–Crippen LogP) is 1.91. The van der Waals surface area contributed by atoms with Gasteiger partial charge < -0.3 is 4.90 Å². The normalized spacial score (nSPS) is 24.2. The van der Waals surface area contributed by atoms with Gasteiger partial charge in [-0.2, -0.15) is 4.31 Å². The molecule has 1 aromatic carbocycles. The smallest absolute Gasteiger partial charge is 0.238 e. The third-order valence-corrected chi connectivity index (χ3v) is 6.90. The van der Waals surface area contributed by atoms with Crippen molar-refractivity contribution in [3.8, 4) is 0 Å². The molecule has 2 fully saturated rings. The molecule has 0 spiro atoms. The lowest BCUT2D eigenvalue weighted by Crippen LogP contribution is -2.43. The Kier molecular flexibility index (Phi) is 4.94. The van der Waals surface area contributed by atoms with E-state index in [1.165, 1.54) is 4.31 Å². The van der Waals surface area contributed by atoms with Crippen LogP contribution in [0.4, 0.5) is 0 Å². The summed E-state index contributed by atoms with van der Waals surface area (Å²) in [7, 11) is -3.23. The summed E-state index contributed by atoms with van der Waals surface area (Å²) in [4.78, 5) is 14.4. The van der Waals surface area contributed by atoms with Gasteiger partial charge in [0.1, 0.15) is 0 Å². The van der Waals surface area contributed by atoms with Crippen molar-refractivity contribution in [2.24, 2.45) is 0 Å². The first-order valence-electron chi connectivity index (χ1n) is 7.98. The van der Waals surface area contributed by atoms with E-state index in [0.717, 1.165) is 24.8 Å². The molecule has 2 aliphatic rings. The summed E-state index contributed by atoms with van der Waals surface area (Å²) in [6.45, 7) is 1.13. The monoisotopic (exact) mass is 356 g/mol. The minimum absolute atomic E-state index is 0.0264. The average Bonchev–Trinajstić information content (AvgIpc) is 3.08. The molecule has 0 bridgehead atoms. The molecular weight excluding hydrogens is 336 g/mol. The molecule has 0 saturated carbocycles. The fraction of sp³-hybridized carbons (Fsp3) is 0.562. The first kappa shape index (κ1) is 16.7. The lowest BCUT2D eigenvalue weighted by atomic mass is 10.0. The maximum atomic E-state index is 12.6. The molecule has 2 aliphatic heterocycles. The molecule has 0 aliphatic carbocycles. The van der Waals surface area contributed by atoms with Crippen LogP contribution in [0.2, 0.25) is 5.02 Å². The number of carbonyl (C=O) groups excluding carboxylic acids is 1. The average molecular weight is 357 g/mol. The second-order valence-corrected chi connectivity index (χ2v) is 8.68. The van der Waals surface area contributed by atoms with Crippen molar-refractivity contribution >= 4 is 27.5 Å². The molecule has 3 rings (SSSR count). The van der Waals surface area contributed by atoms with Crippen molar-refractivity contribution in [2.75, 3.05) is 25.4 Å². The number of hydrogen-bond donors (Lipinski definition) is 0. The summed E-state index contributed by atoms with van der Waals surface area (Å²) >= 11 is 6.21. The van der Waals surface area contributed by atoms with E-state index in [1.807, 2.05) is 29.2 Å². The minimum atomic E-state index is -3.23. The van der Waals surface area contributed by atoms with E-state index in [-0.39, 0.29) is 24.2 Å². The molecule has 1 aromatic rings. The number of nitrogens with zero attached hydrogens (tertiary/aromatic N) is 2. The largest absolute Gasteiger partial charge is 0.338 e. The second kappa shape index (κ2) is 6.79. The molecule has 126 valence electrons. The molecule has 2 heterocycles. The first-order chi connectivity index (χ1) is 11.0. The van der Waals surface area contributed by atoms with Crippen LogP contribution in [-0.2, 0) is 21.2 Å². The summed E-state index contributed by atoms with van der Waals surface area (Å²) in [5.41, 5.74) is 1.03. The number of benzene rings is 1. The van der Waals surface area contributed by atoms with Crippen molar-refractivity contribution in [3.05, 3.63) is 34.9 Å². The van der Waals surface area contributed by atoms with Gasteiger partial charge in [-0.25, -0.2) is 8.42 Å². The Bertz CT molecular complexity index is 692. The summed E-state index contributed by atoms with van der Waals surface area (Å²) in [5.74, 6) is 0.0635. The summed E-state index contributed by atoms with van der Waals surface area (Å²) in [6, 6.07) is 7.77. The zero-order valence-corrected chi connectivity index (χ0v) is 14.5.